The van der Waals surface area contributed by atoms with Crippen LogP contribution in [0.3, 0.4) is 0 Å². The van der Waals surface area contributed by atoms with Crippen molar-refractivity contribution in [1.29, 1.82) is 0 Å². The standard InChI is InChI=1S/C11H17NO/c1-2-10-4-3-5-11(10)12-6-8-13-9-7-12/h2,5H,3-4,6-9H2,1H3/b10-2+. The van der Waals surface area contributed by atoms with Crippen LogP contribution in [0.5, 0.6) is 0 Å². The highest BCUT2D eigenvalue weighted by Crippen LogP contribution is 2.27. The van der Waals surface area contributed by atoms with E-state index in [0.717, 1.165) is 26.3 Å². The molecule has 1 fully saturated rings. The summed E-state index contributed by atoms with van der Waals surface area (Å²) in [6, 6.07) is 0. The second-order valence-electron chi connectivity index (χ2n) is 3.54. The second-order valence-corrected chi connectivity index (χ2v) is 3.54. The van der Waals surface area contributed by atoms with Crippen LogP contribution in [0.25, 0.3) is 0 Å². The molecule has 0 amide bonds. The van der Waals surface area contributed by atoms with Gasteiger partial charge in [-0.05, 0) is 25.3 Å². The van der Waals surface area contributed by atoms with Crippen molar-refractivity contribution >= 4 is 0 Å². The minimum absolute atomic E-state index is 0.883. The molecule has 0 aromatic heterocycles. The highest BCUT2D eigenvalue weighted by Gasteiger charge is 2.19. The fourth-order valence-corrected chi connectivity index (χ4v) is 2.05. The summed E-state index contributed by atoms with van der Waals surface area (Å²) in [5.41, 5.74) is 2.98. The van der Waals surface area contributed by atoms with Crippen molar-refractivity contribution in [2.24, 2.45) is 0 Å². The number of hydrogen-bond donors (Lipinski definition) is 0. The summed E-state index contributed by atoms with van der Waals surface area (Å²) in [5.74, 6) is 0. The number of rotatable bonds is 1. The molecule has 0 saturated carbocycles. The van der Waals surface area contributed by atoms with Gasteiger partial charge < -0.3 is 9.64 Å². The third-order valence-electron chi connectivity index (χ3n) is 2.78. The summed E-state index contributed by atoms with van der Waals surface area (Å²) in [4.78, 5) is 2.45. The maximum absolute atomic E-state index is 5.34. The van der Waals surface area contributed by atoms with E-state index in [-0.39, 0.29) is 0 Å². The Bertz CT molecular complexity index is 236. The Hall–Kier alpha value is -0.760. The first-order valence-electron chi connectivity index (χ1n) is 5.10. The highest BCUT2D eigenvalue weighted by molar-refractivity contribution is 5.34. The monoisotopic (exact) mass is 179 g/mol. The summed E-state index contributed by atoms with van der Waals surface area (Å²) >= 11 is 0. The lowest BCUT2D eigenvalue weighted by Gasteiger charge is -2.30. The molecule has 1 saturated heterocycles. The van der Waals surface area contributed by atoms with E-state index in [1.54, 1.807) is 0 Å². The molecular formula is C11H17NO. The largest absolute Gasteiger partial charge is 0.378 e. The SMILES string of the molecule is C/C=C1\CCC=C1N1CCOCC1. The molecular weight excluding hydrogens is 162 g/mol. The third-order valence-corrected chi connectivity index (χ3v) is 2.78. The topological polar surface area (TPSA) is 12.5 Å². The van der Waals surface area contributed by atoms with Crippen LogP contribution in [0.4, 0.5) is 0 Å². The van der Waals surface area contributed by atoms with Crippen LogP contribution in [0, 0.1) is 0 Å². The molecule has 2 nitrogen and oxygen atoms in total. The normalized spacial score (nSPS) is 26.7. The Kier molecular flexibility index (Phi) is 2.69. The molecule has 0 N–H and O–H groups in total. The van der Waals surface area contributed by atoms with Gasteiger partial charge in [-0.3, -0.25) is 0 Å². The van der Waals surface area contributed by atoms with Crippen molar-refractivity contribution < 1.29 is 4.74 Å². The zero-order valence-corrected chi connectivity index (χ0v) is 8.25. The van der Waals surface area contributed by atoms with Gasteiger partial charge in [0.2, 0.25) is 0 Å². The molecule has 0 radical (unpaired) electrons. The lowest BCUT2D eigenvalue weighted by atomic mass is 10.2. The van der Waals surface area contributed by atoms with Crippen molar-refractivity contribution in [3.8, 4) is 0 Å². The molecule has 72 valence electrons. The molecule has 1 heterocycles. The van der Waals surface area contributed by atoms with Gasteiger partial charge in [-0.2, -0.15) is 0 Å². The van der Waals surface area contributed by atoms with Gasteiger partial charge in [0.25, 0.3) is 0 Å². The number of hydrogen-bond acceptors (Lipinski definition) is 2. The van der Waals surface area contributed by atoms with Crippen LogP contribution < -0.4 is 0 Å². The first-order chi connectivity index (χ1) is 6.42. The van der Waals surface area contributed by atoms with E-state index < -0.39 is 0 Å². The van der Waals surface area contributed by atoms with Gasteiger partial charge in [-0.1, -0.05) is 12.2 Å². The van der Waals surface area contributed by atoms with Gasteiger partial charge in [-0.25, -0.2) is 0 Å². The van der Waals surface area contributed by atoms with E-state index in [4.69, 9.17) is 4.74 Å². The molecule has 2 heteroatoms. The summed E-state index contributed by atoms with van der Waals surface area (Å²) in [5, 5.41) is 0. The second kappa shape index (κ2) is 3.97. The van der Waals surface area contributed by atoms with Gasteiger partial charge in [0.15, 0.2) is 0 Å². The predicted octanol–water partition coefficient (Wildman–Crippen LogP) is 1.94. The lowest BCUT2D eigenvalue weighted by Crippen LogP contribution is -2.35. The minimum atomic E-state index is 0.883. The average molecular weight is 179 g/mol. The average Bonchev–Trinajstić information content (AvgIpc) is 2.67. The van der Waals surface area contributed by atoms with Crippen molar-refractivity contribution in [3.05, 3.63) is 23.4 Å². The zero-order chi connectivity index (χ0) is 9.10. The molecule has 0 unspecified atom stereocenters. The number of allylic oxidation sites excluding steroid dienone is 3. The van der Waals surface area contributed by atoms with Gasteiger partial charge in [-0.15, -0.1) is 0 Å². The Morgan fingerprint density at radius 3 is 2.85 bits per heavy atom. The number of morpholine rings is 1. The molecule has 0 aromatic carbocycles. The smallest absolute Gasteiger partial charge is 0.0642 e. The van der Waals surface area contributed by atoms with E-state index in [9.17, 15) is 0 Å². The maximum Gasteiger partial charge on any atom is 0.0642 e. The van der Waals surface area contributed by atoms with E-state index in [1.807, 2.05) is 0 Å². The molecule has 0 spiro atoms. The summed E-state index contributed by atoms with van der Waals surface area (Å²) in [6.45, 7) is 6.02. The molecule has 13 heavy (non-hydrogen) atoms. The van der Waals surface area contributed by atoms with Gasteiger partial charge in [0.05, 0.1) is 13.2 Å². The van der Waals surface area contributed by atoms with Crippen molar-refractivity contribution in [2.45, 2.75) is 19.8 Å². The van der Waals surface area contributed by atoms with Crippen molar-refractivity contribution in [1.82, 2.24) is 4.90 Å². The minimum Gasteiger partial charge on any atom is -0.378 e. The van der Waals surface area contributed by atoms with E-state index >= 15 is 0 Å². The van der Waals surface area contributed by atoms with E-state index in [0.29, 0.717) is 0 Å². The Labute approximate surface area is 79.9 Å². The van der Waals surface area contributed by atoms with Crippen molar-refractivity contribution in [2.75, 3.05) is 26.3 Å². The molecule has 0 atom stereocenters. The molecule has 0 aromatic rings. The van der Waals surface area contributed by atoms with Gasteiger partial charge in [0, 0.05) is 18.8 Å². The zero-order valence-electron chi connectivity index (χ0n) is 8.25. The van der Waals surface area contributed by atoms with Crippen LogP contribution in [-0.2, 0) is 4.74 Å². The summed E-state index contributed by atoms with van der Waals surface area (Å²) < 4.78 is 5.34. The van der Waals surface area contributed by atoms with E-state index in [2.05, 4.69) is 24.0 Å². The third kappa shape index (κ3) is 1.78. The molecule has 1 aliphatic heterocycles. The molecule has 0 bridgehead atoms. The number of nitrogens with zero attached hydrogens (tertiary/aromatic N) is 1. The highest BCUT2D eigenvalue weighted by atomic mass is 16.5. The molecule has 2 aliphatic rings. The van der Waals surface area contributed by atoms with Gasteiger partial charge in [0.1, 0.15) is 0 Å². The van der Waals surface area contributed by atoms with E-state index in [1.165, 1.54) is 24.1 Å². The van der Waals surface area contributed by atoms with Gasteiger partial charge >= 0.3 is 0 Å². The predicted molar refractivity (Wildman–Crippen MR) is 53.5 cm³/mol. The maximum atomic E-state index is 5.34. The van der Waals surface area contributed by atoms with Crippen LogP contribution in [-0.4, -0.2) is 31.2 Å². The lowest BCUT2D eigenvalue weighted by molar-refractivity contribution is 0.0549. The Balaban J connectivity index is 2.06. The first kappa shape index (κ1) is 8.82. The Morgan fingerprint density at radius 2 is 2.15 bits per heavy atom. The fourth-order valence-electron chi connectivity index (χ4n) is 2.05. The van der Waals surface area contributed by atoms with Crippen LogP contribution in [0.1, 0.15) is 19.8 Å². The first-order valence-corrected chi connectivity index (χ1v) is 5.10. The van der Waals surface area contributed by atoms with Crippen molar-refractivity contribution in [3.63, 3.8) is 0 Å². The quantitative estimate of drug-likeness (QED) is 0.610. The molecule has 2 rings (SSSR count). The molecule has 1 aliphatic carbocycles. The van der Waals surface area contributed by atoms with Crippen LogP contribution >= 0.6 is 0 Å². The summed E-state index contributed by atoms with van der Waals surface area (Å²) in [6.07, 6.45) is 7.05. The van der Waals surface area contributed by atoms with Crippen LogP contribution in [0.15, 0.2) is 23.4 Å². The summed E-state index contributed by atoms with van der Waals surface area (Å²) in [7, 11) is 0. The number of ether oxygens (including phenoxy) is 1. The Morgan fingerprint density at radius 1 is 1.38 bits per heavy atom. The van der Waals surface area contributed by atoms with Crippen LogP contribution in [0.2, 0.25) is 0 Å². The fraction of sp³-hybridized carbons (Fsp3) is 0.636.